The van der Waals surface area contributed by atoms with Gasteiger partial charge in [-0.2, -0.15) is 0 Å². The molecule has 2 heterocycles. The van der Waals surface area contributed by atoms with Crippen molar-refractivity contribution in [3.63, 3.8) is 0 Å². The highest BCUT2D eigenvalue weighted by atomic mass is 32.1. The molecule has 0 spiro atoms. The van der Waals surface area contributed by atoms with Crippen molar-refractivity contribution in [2.75, 3.05) is 19.7 Å². The highest BCUT2D eigenvalue weighted by molar-refractivity contribution is 7.13. The number of rotatable bonds is 5. The molecule has 5 nitrogen and oxygen atoms in total. The molecule has 0 saturated carbocycles. The average molecular weight is 345 g/mol. The zero-order valence-electron chi connectivity index (χ0n) is 13.8. The second-order valence-electron chi connectivity index (χ2n) is 6.28. The van der Waals surface area contributed by atoms with Crippen molar-refractivity contribution >= 4 is 17.2 Å². The number of nitrogens with zero attached hydrogens (tertiary/aromatic N) is 2. The van der Waals surface area contributed by atoms with Crippen molar-refractivity contribution in [1.82, 2.24) is 15.2 Å². The Balaban J connectivity index is 1.64. The minimum Gasteiger partial charge on any atom is -0.396 e. The monoisotopic (exact) mass is 345 g/mol. The summed E-state index contributed by atoms with van der Waals surface area (Å²) in [6.45, 7) is 4.55. The molecule has 2 atom stereocenters. The lowest BCUT2D eigenvalue weighted by molar-refractivity contribution is 0.0733. The number of aliphatic hydroxyl groups is 1. The Kier molecular flexibility index (Phi) is 5.60. The normalized spacial score (nSPS) is 21.6. The van der Waals surface area contributed by atoms with E-state index in [1.165, 1.54) is 16.9 Å². The van der Waals surface area contributed by atoms with Crippen LogP contribution < -0.4 is 5.32 Å². The quantitative estimate of drug-likeness (QED) is 0.871. The van der Waals surface area contributed by atoms with Gasteiger partial charge in [-0.05, 0) is 25.5 Å². The lowest BCUT2D eigenvalue weighted by atomic mass is 9.92. The first kappa shape index (κ1) is 17.1. The minimum absolute atomic E-state index is 0.0395. The SMILES string of the molecule is Cc1ncc(C(=O)N[C@@H]2CN(Cc3ccccc3)CC[C@@H]2CO)s1. The largest absolute Gasteiger partial charge is 0.396 e. The molecule has 0 aliphatic carbocycles. The first-order valence-electron chi connectivity index (χ1n) is 8.26. The van der Waals surface area contributed by atoms with Crippen molar-refractivity contribution in [1.29, 1.82) is 0 Å². The standard InChI is InChI=1S/C18H23N3O2S/c1-13-19-9-17(24-13)18(23)20-16-11-21(8-7-15(16)12-22)10-14-5-3-2-4-6-14/h2-6,9,15-16,22H,7-8,10-12H2,1H3,(H,20,23)/t15-,16-/m1/s1. The van der Waals surface area contributed by atoms with Crippen LogP contribution in [0.5, 0.6) is 0 Å². The number of likely N-dealkylation sites (tertiary alicyclic amines) is 1. The zero-order chi connectivity index (χ0) is 16.9. The van der Waals surface area contributed by atoms with E-state index in [9.17, 15) is 9.90 Å². The van der Waals surface area contributed by atoms with E-state index in [2.05, 4.69) is 27.3 Å². The highest BCUT2D eigenvalue weighted by Gasteiger charge is 2.30. The summed E-state index contributed by atoms with van der Waals surface area (Å²) in [5.41, 5.74) is 1.27. The van der Waals surface area contributed by atoms with E-state index in [0.717, 1.165) is 31.1 Å². The lowest BCUT2D eigenvalue weighted by Crippen LogP contribution is -2.53. The summed E-state index contributed by atoms with van der Waals surface area (Å²) in [4.78, 5) is 19.5. The van der Waals surface area contributed by atoms with Gasteiger partial charge in [0.2, 0.25) is 0 Å². The van der Waals surface area contributed by atoms with Gasteiger partial charge < -0.3 is 10.4 Å². The Bertz CT molecular complexity index is 674. The number of nitrogens with one attached hydrogen (secondary N) is 1. The molecule has 0 unspecified atom stereocenters. The predicted molar refractivity (Wildman–Crippen MR) is 95.0 cm³/mol. The summed E-state index contributed by atoms with van der Waals surface area (Å²) in [6.07, 6.45) is 2.50. The van der Waals surface area contributed by atoms with Gasteiger partial charge in [0.05, 0.1) is 11.2 Å². The molecular weight excluding hydrogens is 322 g/mol. The number of amides is 1. The van der Waals surface area contributed by atoms with Gasteiger partial charge in [0, 0.05) is 31.7 Å². The Hall–Kier alpha value is -1.76. The third-order valence-electron chi connectivity index (χ3n) is 4.49. The Labute approximate surface area is 146 Å². The van der Waals surface area contributed by atoms with Crippen LogP contribution in [0.25, 0.3) is 0 Å². The summed E-state index contributed by atoms with van der Waals surface area (Å²) >= 11 is 1.40. The number of carbonyl (C=O) groups excluding carboxylic acids is 1. The highest BCUT2D eigenvalue weighted by Crippen LogP contribution is 2.20. The fraction of sp³-hybridized carbons (Fsp3) is 0.444. The smallest absolute Gasteiger partial charge is 0.263 e. The molecule has 128 valence electrons. The van der Waals surface area contributed by atoms with Crippen LogP contribution in [0.1, 0.15) is 26.7 Å². The average Bonchev–Trinajstić information content (AvgIpc) is 3.03. The van der Waals surface area contributed by atoms with Crippen molar-refractivity contribution in [2.24, 2.45) is 5.92 Å². The minimum atomic E-state index is -0.0920. The van der Waals surface area contributed by atoms with Gasteiger partial charge in [-0.3, -0.25) is 9.69 Å². The number of benzene rings is 1. The Morgan fingerprint density at radius 3 is 2.88 bits per heavy atom. The number of piperidine rings is 1. The molecule has 0 bridgehead atoms. The van der Waals surface area contributed by atoms with Crippen LogP contribution in [0.2, 0.25) is 0 Å². The topological polar surface area (TPSA) is 65.5 Å². The van der Waals surface area contributed by atoms with E-state index < -0.39 is 0 Å². The van der Waals surface area contributed by atoms with Crippen LogP contribution in [0.4, 0.5) is 0 Å². The summed E-state index contributed by atoms with van der Waals surface area (Å²) in [7, 11) is 0. The van der Waals surface area contributed by atoms with E-state index in [1.54, 1.807) is 6.20 Å². The van der Waals surface area contributed by atoms with Gasteiger partial charge in [0.1, 0.15) is 4.88 Å². The molecule has 24 heavy (non-hydrogen) atoms. The molecule has 1 aromatic heterocycles. The first-order chi connectivity index (χ1) is 11.7. The van der Waals surface area contributed by atoms with Gasteiger partial charge in [0.25, 0.3) is 5.91 Å². The maximum atomic E-state index is 12.4. The van der Waals surface area contributed by atoms with Crippen LogP contribution >= 0.6 is 11.3 Å². The summed E-state index contributed by atoms with van der Waals surface area (Å²) in [5.74, 6) is 0.0144. The third-order valence-corrected chi connectivity index (χ3v) is 5.40. The molecule has 2 N–H and O–H groups in total. The molecular formula is C18H23N3O2S. The molecule has 6 heteroatoms. The van der Waals surface area contributed by atoms with Crippen molar-refractivity contribution in [3.8, 4) is 0 Å². The molecule has 1 saturated heterocycles. The molecule has 1 aromatic carbocycles. The van der Waals surface area contributed by atoms with Gasteiger partial charge in [0.15, 0.2) is 0 Å². The summed E-state index contributed by atoms with van der Waals surface area (Å²) < 4.78 is 0. The predicted octanol–water partition coefficient (Wildman–Crippen LogP) is 2.06. The Morgan fingerprint density at radius 1 is 1.42 bits per heavy atom. The molecule has 2 aromatic rings. The summed E-state index contributed by atoms with van der Waals surface area (Å²) in [5, 5.41) is 13.6. The number of thiazole rings is 1. The molecule has 1 aliphatic rings. The van der Waals surface area contributed by atoms with Crippen molar-refractivity contribution in [2.45, 2.75) is 25.9 Å². The van der Waals surface area contributed by atoms with Crippen molar-refractivity contribution in [3.05, 3.63) is 52.0 Å². The first-order valence-corrected chi connectivity index (χ1v) is 9.08. The fourth-order valence-corrected chi connectivity index (χ4v) is 3.82. The van der Waals surface area contributed by atoms with E-state index in [-0.39, 0.29) is 24.5 Å². The maximum Gasteiger partial charge on any atom is 0.263 e. The van der Waals surface area contributed by atoms with Crippen LogP contribution in [0.15, 0.2) is 36.5 Å². The molecule has 1 amide bonds. The van der Waals surface area contributed by atoms with Crippen LogP contribution in [0.3, 0.4) is 0 Å². The Morgan fingerprint density at radius 2 is 2.21 bits per heavy atom. The molecule has 3 rings (SSSR count). The van der Waals surface area contributed by atoms with Gasteiger partial charge >= 0.3 is 0 Å². The summed E-state index contributed by atoms with van der Waals surface area (Å²) in [6, 6.07) is 10.3. The van der Waals surface area contributed by atoms with Crippen LogP contribution in [-0.2, 0) is 6.54 Å². The van der Waals surface area contributed by atoms with Gasteiger partial charge in [-0.25, -0.2) is 4.98 Å². The van der Waals surface area contributed by atoms with E-state index >= 15 is 0 Å². The van der Waals surface area contributed by atoms with Crippen molar-refractivity contribution < 1.29 is 9.90 Å². The number of aromatic nitrogens is 1. The van der Waals surface area contributed by atoms with Gasteiger partial charge in [-0.15, -0.1) is 11.3 Å². The molecule has 0 radical (unpaired) electrons. The molecule has 1 aliphatic heterocycles. The number of aliphatic hydroxyl groups excluding tert-OH is 1. The molecule has 1 fully saturated rings. The van der Waals surface area contributed by atoms with Gasteiger partial charge in [-0.1, -0.05) is 30.3 Å². The fourth-order valence-electron chi connectivity index (χ4n) is 3.14. The van der Waals surface area contributed by atoms with Crippen LogP contribution in [0, 0.1) is 12.8 Å². The zero-order valence-corrected chi connectivity index (χ0v) is 14.6. The second kappa shape index (κ2) is 7.88. The van der Waals surface area contributed by atoms with E-state index in [1.807, 2.05) is 25.1 Å². The number of aryl methyl sites for hydroxylation is 1. The number of hydrogen-bond acceptors (Lipinski definition) is 5. The number of hydrogen-bond donors (Lipinski definition) is 2. The van der Waals surface area contributed by atoms with Crippen LogP contribution in [-0.4, -0.2) is 46.6 Å². The second-order valence-corrected chi connectivity index (χ2v) is 7.51. The van der Waals surface area contributed by atoms with E-state index in [4.69, 9.17) is 0 Å². The number of carbonyl (C=O) groups is 1. The third kappa shape index (κ3) is 4.20. The lowest BCUT2D eigenvalue weighted by Gasteiger charge is -2.38. The van der Waals surface area contributed by atoms with E-state index in [0.29, 0.717) is 4.88 Å². The maximum absolute atomic E-state index is 12.4.